The SMILES string of the molecule is Cc1nc2ccccn2c1C(=O)N1CCN(c2cc3c(nn2)CCCC3)CC1. The summed E-state index contributed by atoms with van der Waals surface area (Å²) in [6.45, 7) is 4.80. The van der Waals surface area contributed by atoms with Gasteiger partial charge in [-0.25, -0.2) is 4.98 Å². The van der Waals surface area contributed by atoms with Gasteiger partial charge in [-0.1, -0.05) is 6.07 Å². The molecule has 7 heteroatoms. The van der Waals surface area contributed by atoms with Crippen LogP contribution in [0.3, 0.4) is 0 Å². The average Bonchev–Trinajstić information content (AvgIpc) is 3.08. The summed E-state index contributed by atoms with van der Waals surface area (Å²) in [5.74, 6) is 0.992. The van der Waals surface area contributed by atoms with E-state index in [1.165, 1.54) is 18.4 Å². The first-order chi connectivity index (χ1) is 13.7. The van der Waals surface area contributed by atoms with Gasteiger partial charge in [-0.3, -0.25) is 9.20 Å². The molecule has 1 amide bonds. The van der Waals surface area contributed by atoms with E-state index in [2.05, 4.69) is 26.1 Å². The maximum atomic E-state index is 13.1. The van der Waals surface area contributed by atoms with Crippen LogP contribution in [0.1, 0.15) is 40.3 Å². The zero-order valence-corrected chi connectivity index (χ0v) is 16.1. The van der Waals surface area contributed by atoms with Gasteiger partial charge in [0.15, 0.2) is 5.82 Å². The minimum absolute atomic E-state index is 0.0485. The third-order valence-electron chi connectivity index (χ3n) is 5.85. The van der Waals surface area contributed by atoms with Crippen LogP contribution in [0.4, 0.5) is 5.82 Å². The molecule has 0 radical (unpaired) electrons. The molecule has 7 nitrogen and oxygen atoms in total. The molecule has 1 fully saturated rings. The van der Waals surface area contributed by atoms with Crippen molar-refractivity contribution in [1.29, 1.82) is 0 Å². The second kappa shape index (κ2) is 6.89. The lowest BCUT2D eigenvalue weighted by molar-refractivity contribution is 0.0738. The lowest BCUT2D eigenvalue weighted by atomic mass is 9.97. The van der Waals surface area contributed by atoms with Gasteiger partial charge in [-0.15, -0.1) is 5.10 Å². The smallest absolute Gasteiger partial charge is 0.272 e. The monoisotopic (exact) mass is 376 g/mol. The molecule has 0 bridgehead atoms. The van der Waals surface area contributed by atoms with Crippen LogP contribution in [0.2, 0.25) is 0 Å². The summed E-state index contributed by atoms with van der Waals surface area (Å²) in [4.78, 5) is 21.8. The summed E-state index contributed by atoms with van der Waals surface area (Å²) in [6.07, 6.45) is 6.50. The van der Waals surface area contributed by atoms with E-state index in [9.17, 15) is 4.79 Å². The number of anilines is 1. The van der Waals surface area contributed by atoms with Gasteiger partial charge in [0.1, 0.15) is 11.3 Å². The van der Waals surface area contributed by atoms with Crippen molar-refractivity contribution in [3.63, 3.8) is 0 Å². The summed E-state index contributed by atoms with van der Waals surface area (Å²) >= 11 is 0. The first-order valence-electron chi connectivity index (χ1n) is 10.0. The van der Waals surface area contributed by atoms with Crippen LogP contribution in [-0.4, -0.2) is 56.6 Å². The first kappa shape index (κ1) is 17.2. The highest BCUT2D eigenvalue weighted by molar-refractivity contribution is 5.94. The molecule has 5 rings (SSSR count). The van der Waals surface area contributed by atoms with Crippen LogP contribution < -0.4 is 4.90 Å². The van der Waals surface area contributed by atoms with Gasteiger partial charge < -0.3 is 9.80 Å². The number of carbonyl (C=O) groups is 1. The largest absolute Gasteiger partial charge is 0.352 e. The van der Waals surface area contributed by atoms with Gasteiger partial charge in [0.25, 0.3) is 5.91 Å². The molecule has 0 aromatic carbocycles. The highest BCUT2D eigenvalue weighted by Gasteiger charge is 2.27. The normalized spacial score (nSPS) is 17.0. The number of carbonyl (C=O) groups excluding carboxylic acids is 1. The molecule has 3 aromatic heterocycles. The van der Waals surface area contributed by atoms with Crippen LogP contribution in [0.5, 0.6) is 0 Å². The van der Waals surface area contributed by atoms with Gasteiger partial charge in [0, 0.05) is 32.4 Å². The third kappa shape index (κ3) is 2.91. The Morgan fingerprint density at radius 2 is 1.86 bits per heavy atom. The molecule has 4 heterocycles. The standard InChI is InChI=1S/C21H24N6O/c1-15-20(27-9-5-4-8-18(27)22-15)21(28)26-12-10-25(11-13-26)19-14-16-6-2-3-7-17(16)23-24-19/h4-5,8-9,14H,2-3,6-7,10-13H2,1H3. The second-order valence-corrected chi connectivity index (χ2v) is 7.64. The summed E-state index contributed by atoms with van der Waals surface area (Å²) in [5, 5.41) is 8.90. The Labute approximate surface area is 164 Å². The Hall–Kier alpha value is -2.96. The molecule has 1 aliphatic carbocycles. The number of aryl methyl sites for hydroxylation is 3. The highest BCUT2D eigenvalue weighted by Crippen LogP contribution is 2.23. The molecule has 28 heavy (non-hydrogen) atoms. The van der Waals surface area contributed by atoms with Crippen molar-refractivity contribution in [2.75, 3.05) is 31.1 Å². The molecular weight excluding hydrogens is 352 g/mol. The van der Waals surface area contributed by atoms with E-state index < -0.39 is 0 Å². The van der Waals surface area contributed by atoms with Crippen LogP contribution in [-0.2, 0) is 12.8 Å². The molecule has 1 aliphatic heterocycles. The Morgan fingerprint density at radius 3 is 2.71 bits per heavy atom. The van der Waals surface area contributed by atoms with Gasteiger partial charge in [-0.2, -0.15) is 5.10 Å². The molecule has 0 atom stereocenters. The predicted octanol–water partition coefficient (Wildman–Crippen LogP) is 2.27. The van der Waals surface area contributed by atoms with Crippen LogP contribution in [0.15, 0.2) is 30.5 Å². The molecule has 2 aliphatic rings. The van der Waals surface area contributed by atoms with E-state index in [0.29, 0.717) is 18.8 Å². The van der Waals surface area contributed by atoms with Gasteiger partial charge in [-0.05, 0) is 56.4 Å². The number of nitrogens with zero attached hydrogens (tertiary/aromatic N) is 6. The van der Waals surface area contributed by atoms with E-state index in [1.807, 2.05) is 40.6 Å². The topological polar surface area (TPSA) is 66.6 Å². The van der Waals surface area contributed by atoms with Gasteiger partial charge in [0.2, 0.25) is 0 Å². The summed E-state index contributed by atoms with van der Waals surface area (Å²) in [7, 11) is 0. The number of hydrogen-bond donors (Lipinski definition) is 0. The summed E-state index contributed by atoms with van der Waals surface area (Å²) in [6, 6.07) is 8.00. The zero-order chi connectivity index (χ0) is 19.1. The highest BCUT2D eigenvalue weighted by atomic mass is 16.2. The van der Waals surface area contributed by atoms with E-state index in [-0.39, 0.29) is 5.91 Å². The molecule has 144 valence electrons. The maximum Gasteiger partial charge on any atom is 0.272 e. The minimum atomic E-state index is 0.0485. The average molecular weight is 376 g/mol. The molecule has 0 saturated carbocycles. The van der Waals surface area contributed by atoms with E-state index >= 15 is 0 Å². The van der Waals surface area contributed by atoms with Crippen LogP contribution in [0.25, 0.3) is 5.65 Å². The number of rotatable bonds is 2. The van der Waals surface area contributed by atoms with Crippen molar-refractivity contribution in [2.24, 2.45) is 0 Å². The second-order valence-electron chi connectivity index (χ2n) is 7.64. The van der Waals surface area contributed by atoms with E-state index in [4.69, 9.17) is 0 Å². The number of piperazine rings is 1. The van der Waals surface area contributed by atoms with Gasteiger partial charge >= 0.3 is 0 Å². The molecule has 3 aromatic rings. The number of hydrogen-bond acceptors (Lipinski definition) is 5. The fourth-order valence-corrected chi connectivity index (χ4v) is 4.29. The fourth-order valence-electron chi connectivity index (χ4n) is 4.29. The number of amides is 1. The van der Waals surface area contributed by atoms with Crippen molar-refractivity contribution < 1.29 is 4.79 Å². The first-order valence-corrected chi connectivity index (χ1v) is 10.0. The minimum Gasteiger partial charge on any atom is -0.352 e. The Morgan fingerprint density at radius 1 is 1.04 bits per heavy atom. The maximum absolute atomic E-state index is 13.1. The zero-order valence-electron chi connectivity index (χ0n) is 16.1. The Bertz CT molecular complexity index is 1030. The molecule has 0 N–H and O–H groups in total. The van der Waals surface area contributed by atoms with Crippen molar-refractivity contribution >= 4 is 17.4 Å². The van der Waals surface area contributed by atoms with Crippen LogP contribution >= 0.6 is 0 Å². The third-order valence-corrected chi connectivity index (χ3v) is 5.85. The molecular formula is C21H24N6O. The number of pyridine rings is 1. The summed E-state index contributed by atoms with van der Waals surface area (Å²) in [5.41, 5.74) is 4.76. The van der Waals surface area contributed by atoms with E-state index in [1.54, 1.807) is 0 Å². The Kier molecular flexibility index (Phi) is 4.22. The van der Waals surface area contributed by atoms with Crippen molar-refractivity contribution in [2.45, 2.75) is 32.6 Å². The Balaban J connectivity index is 1.32. The number of imidazole rings is 1. The van der Waals surface area contributed by atoms with E-state index in [0.717, 1.165) is 48.8 Å². The molecule has 1 saturated heterocycles. The summed E-state index contributed by atoms with van der Waals surface area (Å²) < 4.78 is 1.89. The van der Waals surface area contributed by atoms with Gasteiger partial charge in [0.05, 0.1) is 11.4 Å². The fraction of sp³-hybridized carbons (Fsp3) is 0.429. The molecule has 0 unspecified atom stereocenters. The molecule has 0 spiro atoms. The number of aromatic nitrogens is 4. The lowest BCUT2D eigenvalue weighted by Gasteiger charge is -2.35. The number of fused-ring (bicyclic) bond motifs is 2. The van der Waals surface area contributed by atoms with Crippen LogP contribution in [0, 0.1) is 6.92 Å². The van der Waals surface area contributed by atoms with Crippen molar-refractivity contribution in [3.8, 4) is 0 Å². The quantitative estimate of drug-likeness (QED) is 0.686. The van der Waals surface area contributed by atoms with Crippen molar-refractivity contribution in [1.82, 2.24) is 24.5 Å². The van der Waals surface area contributed by atoms with Crippen molar-refractivity contribution in [3.05, 3.63) is 53.1 Å². The lowest BCUT2D eigenvalue weighted by Crippen LogP contribution is -2.49. The predicted molar refractivity (Wildman–Crippen MR) is 107 cm³/mol.